The molecule has 1 saturated heterocycles. The molecule has 0 aliphatic carbocycles. The van der Waals surface area contributed by atoms with Gasteiger partial charge in [0.1, 0.15) is 11.9 Å². The Morgan fingerprint density at radius 3 is 2.70 bits per heavy atom. The Bertz CT molecular complexity index is 1290. The van der Waals surface area contributed by atoms with Gasteiger partial charge in [-0.3, -0.25) is 9.89 Å². The van der Waals surface area contributed by atoms with Gasteiger partial charge >= 0.3 is 5.97 Å². The van der Waals surface area contributed by atoms with Crippen LogP contribution in [0.1, 0.15) is 43.3 Å². The molecule has 0 bridgehead atoms. The normalized spacial score (nSPS) is 19.5. The fourth-order valence-electron chi connectivity index (χ4n) is 4.34. The second-order valence-corrected chi connectivity index (χ2v) is 12.5. The minimum Gasteiger partial charge on any atom is -0.463 e. The van der Waals surface area contributed by atoms with Crippen LogP contribution in [-0.2, 0) is 19.6 Å². The lowest BCUT2D eigenvalue weighted by atomic mass is 9.95. The Labute approximate surface area is 228 Å². The first-order valence-corrected chi connectivity index (χ1v) is 15.3. The topological polar surface area (TPSA) is 113 Å². The third-order valence-corrected chi connectivity index (χ3v) is 9.13. The van der Waals surface area contributed by atoms with E-state index in [-0.39, 0.29) is 18.4 Å². The number of carbonyl (C=O) groups is 1. The summed E-state index contributed by atoms with van der Waals surface area (Å²) in [4.78, 5) is 24.6. The highest BCUT2D eigenvalue weighted by Gasteiger charge is 2.35. The number of ether oxygens (including phenoxy) is 1. The Hall–Kier alpha value is -2.19. The molecular weight excluding hydrogens is 585 g/mol. The molecule has 1 unspecified atom stereocenters. The molecule has 1 fully saturated rings. The summed E-state index contributed by atoms with van der Waals surface area (Å²) in [5, 5.41) is 5.82. The molecular formula is C24H29BrFN5O4S2. The van der Waals surface area contributed by atoms with Crippen molar-refractivity contribution in [1.29, 1.82) is 0 Å². The second-order valence-electron chi connectivity index (χ2n) is 8.69. The lowest BCUT2D eigenvalue weighted by Gasteiger charge is -2.35. The Morgan fingerprint density at radius 2 is 2.08 bits per heavy atom. The quantitative estimate of drug-likeness (QED) is 0.417. The summed E-state index contributed by atoms with van der Waals surface area (Å²) >= 11 is 4.85. The van der Waals surface area contributed by atoms with Gasteiger partial charge in [-0.25, -0.2) is 27.3 Å². The highest BCUT2D eigenvalue weighted by Crippen LogP contribution is 2.37. The van der Waals surface area contributed by atoms with E-state index < -0.39 is 27.9 Å². The number of sulfonamides is 1. The zero-order valence-electron chi connectivity index (χ0n) is 20.5. The number of thiazole rings is 1. The zero-order valence-corrected chi connectivity index (χ0v) is 23.8. The molecule has 1 aromatic heterocycles. The van der Waals surface area contributed by atoms with Crippen molar-refractivity contribution in [2.75, 3.05) is 32.0 Å². The number of esters is 1. The van der Waals surface area contributed by atoms with Crippen LogP contribution in [-0.4, -0.2) is 68.1 Å². The van der Waals surface area contributed by atoms with Crippen molar-refractivity contribution < 1.29 is 22.3 Å². The monoisotopic (exact) mass is 613 g/mol. The highest BCUT2D eigenvalue weighted by atomic mass is 79.9. The van der Waals surface area contributed by atoms with Crippen molar-refractivity contribution >= 4 is 49.1 Å². The van der Waals surface area contributed by atoms with Crippen LogP contribution in [0, 0.1) is 5.82 Å². The van der Waals surface area contributed by atoms with Gasteiger partial charge in [-0.15, -0.1) is 11.3 Å². The number of hydrogen-bond acceptors (Lipinski definition) is 9. The maximum Gasteiger partial charge on any atom is 0.338 e. The van der Waals surface area contributed by atoms with Crippen LogP contribution in [0.5, 0.6) is 0 Å². The predicted molar refractivity (Wildman–Crippen MR) is 144 cm³/mol. The number of benzene rings is 1. The van der Waals surface area contributed by atoms with E-state index >= 15 is 0 Å². The van der Waals surface area contributed by atoms with E-state index in [9.17, 15) is 17.6 Å². The van der Waals surface area contributed by atoms with Gasteiger partial charge < -0.3 is 10.1 Å². The molecule has 0 radical (unpaired) electrons. The standard InChI is InChI=1S/C24H29BrFN5O4S2/c1-3-35-24(32)20-19(14-31-10-7-16(8-11-31)30-37(33,34)4-2)28-22(23-27-9-12-36-23)29-21(20)17-6-5-15(26)13-18(17)25/h5-6,9,12-13,16,21,30H,3-4,7-8,10-11,14H2,1-2H3,(H,28,29). The SMILES string of the molecule is CCOC(=O)C1=C(CN2CCC(NS(=O)(=O)CC)CC2)NC(c2nccs2)=NC1c1ccc(F)cc1Br. The molecule has 0 amide bonds. The van der Waals surface area contributed by atoms with Crippen molar-refractivity contribution in [3.05, 3.63) is 61.9 Å². The van der Waals surface area contributed by atoms with E-state index in [1.807, 2.05) is 5.38 Å². The van der Waals surface area contributed by atoms with E-state index in [2.05, 4.69) is 35.9 Å². The molecule has 2 N–H and O–H groups in total. The first-order valence-electron chi connectivity index (χ1n) is 12.0. The summed E-state index contributed by atoms with van der Waals surface area (Å²) in [6, 6.07) is 3.44. The van der Waals surface area contributed by atoms with Crippen LogP contribution in [0.2, 0.25) is 0 Å². The van der Waals surface area contributed by atoms with Gasteiger partial charge in [0.05, 0.1) is 17.9 Å². The molecule has 13 heteroatoms. The number of nitrogens with zero attached hydrogens (tertiary/aromatic N) is 3. The number of halogens is 2. The summed E-state index contributed by atoms with van der Waals surface area (Å²) in [7, 11) is -3.27. The van der Waals surface area contributed by atoms with Gasteiger partial charge in [0.25, 0.3) is 0 Å². The summed E-state index contributed by atoms with van der Waals surface area (Å²) in [6.45, 7) is 5.25. The first kappa shape index (κ1) is 27.8. The minimum absolute atomic E-state index is 0.0477. The summed E-state index contributed by atoms with van der Waals surface area (Å²) in [5.74, 6) is -0.340. The van der Waals surface area contributed by atoms with E-state index in [1.54, 1.807) is 26.1 Å². The van der Waals surface area contributed by atoms with Crippen molar-refractivity contribution in [2.45, 2.75) is 38.8 Å². The van der Waals surface area contributed by atoms with Gasteiger partial charge in [-0.05, 0) is 44.4 Å². The van der Waals surface area contributed by atoms with E-state index in [0.29, 0.717) is 64.6 Å². The number of rotatable bonds is 9. The molecule has 2 aliphatic heterocycles. The fourth-order valence-corrected chi connectivity index (χ4v) is 6.40. The number of amidine groups is 1. The Morgan fingerprint density at radius 1 is 1.32 bits per heavy atom. The van der Waals surface area contributed by atoms with Crippen LogP contribution in [0.25, 0.3) is 0 Å². The van der Waals surface area contributed by atoms with E-state index in [4.69, 9.17) is 9.73 Å². The number of hydrogen-bond donors (Lipinski definition) is 2. The third-order valence-electron chi connectivity index (χ3n) is 6.21. The van der Waals surface area contributed by atoms with Gasteiger partial charge in [-0.2, -0.15) is 0 Å². The lowest BCUT2D eigenvalue weighted by Crippen LogP contribution is -2.47. The zero-order chi connectivity index (χ0) is 26.6. The maximum absolute atomic E-state index is 13.9. The van der Waals surface area contributed by atoms with Crippen LogP contribution < -0.4 is 10.0 Å². The third kappa shape index (κ3) is 6.82. The number of carbonyl (C=O) groups excluding carboxylic acids is 1. The molecule has 1 atom stereocenters. The van der Waals surface area contributed by atoms with E-state index in [0.717, 1.165) is 0 Å². The Kier molecular flexibility index (Phi) is 9.11. The molecule has 2 aliphatic rings. The van der Waals surface area contributed by atoms with Crippen LogP contribution in [0.4, 0.5) is 4.39 Å². The van der Waals surface area contributed by atoms with Crippen molar-refractivity contribution in [3.63, 3.8) is 0 Å². The summed E-state index contributed by atoms with van der Waals surface area (Å²) in [6.07, 6.45) is 2.99. The second kappa shape index (κ2) is 12.1. The number of nitrogens with one attached hydrogen (secondary N) is 2. The van der Waals surface area contributed by atoms with E-state index in [1.165, 1.54) is 23.5 Å². The first-order chi connectivity index (χ1) is 17.7. The van der Waals surface area contributed by atoms with Gasteiger partial charge in [0.2, 0.25) is 10.0 Å². The molecule has 0 spiro atoms. The summed E-state index contributed by atoms with van der Waals surface area (Å²) < 4.78 is 46.5. The van der Waals surface area contributed by atoms with Gasteiger partial charge in [-0.1, -0.05) is 22.0 Å². The van der Waals surface area contributed by atoms with Crippen LogP contribution in [0.15, 0.2) is 50.5 Å². The molecule has 9 nitrogen and oxygen atoms in total. The van der Waals surface area contributed by atoms with Gasteiger partial charge in [0.15, 0.2) is 10.8 Å². The minimum atomic E-state index is -3.27. The Balaban J connectivity index is 1.67. The smallest absolute Gasteiger partial charge is 0.338 e. The molecule has 1 aromatic carbocycles. The molecule has 3 heterocycles. The number of piperidine rings is 1. The molecule has 0 saturated carbocycles. The molecule has 37 heavy (non-hydrogen) atoms. The molecule has 200 valence electrons. The average Bonchev–Trinajstić information content (AvgIpc) is 3.40. The van der Waals surface area contributed by atoms with Crippen LogP contribution in [0.3, 0.4) is 0 Å². The van der Waals surface area contributed by atoms with Crippen LogP contribution >= 0.6 is 27.3 Å². The average molecular weight is 615 g/mol. The van der Waals surface area contributed by atoms with Gasteiger partial charge in [0, 0.05) is 47.4 Å². The van der Waals surface area contributed by atoms with Crippen molar-refractivity contribution in [2.24, 2.45) is 4.99 Å². The molecule has 4 rings (SSSR count). The predicted octanol–water partition coefficient (Wildman–Crippen LogP) is 3.36. The lowest BCUT2D eigenvalue weighted by molar-refractivity contribution is -0.139. The van der Waals surface area contributed by atoms with Crippen molar-refractivity contribution in [3.8, 4) is 0 Å². The van der Waals surface area contributed by atoms with Crippen molar-refractivity contribution in [1.82, 2.24) is 19.9 Å². The highest BCUT2D eigenvalue weighted by molar-refractivity contribution is 9.10. The number of likely N-dealkylation sites (tertiary alicyclic amines) is 1. The maximum atomic E-state index is 13.9. The number of aromatic nitrogens is 1. The number of aliphatic imine (C=N–C) groups is 1. The fraction of sp³-hybridized carbons (Fsp3) is 0.458. The summed E-state index contributed by atoms with van der Waals surface area (Å²) in [5.41, 5.74) is 1.61. The molecule has 2 aromatic rings. The largest absolute Gasteiger partial charge is 0.463 e.